The van der Waals surface area contributed by atoms with E-state index in [1.54, 1.807) is 24.4 Å². The highest BCUT2D eigenvalue weighted by Gasteiger charge is 2.03. The molecule has 18 heavy (non-hydrogen) atoms. The van der Waals surface area contributed by atoms with Crippen molar-refractivity contribution in [2.45, 2.75) is 13.5 Å². The van der Waals surface area contributed by atoms with E-state index in [4.69, 9.17) is 10.5 Å². The monoisotopic (exact) mass is 237 g/mol. The molecule has 5 nitrogen and oxygen atoms in total. The second-order valence-electron chi connectivity index (χ2n) is 3.83. The second-order valence-corrected chi connectivity index (χ2v) is 3.83. The Balaban J connectivity index is 2.11. The van der Waals surface area contributed by atoms with Gasteiger partial charge in [-0.2, -0.15) is 10.5 Å². The summed E-state index contributed by atoms with van der Waals surface area (Å²) in [6.45, 7) is 2.48. The van der Waals surface area contributed by atoms with E-state index in [0.717, 1.165) is 17.2 Å². The number of anilines is 1. The fourth-order valence-corrected chi connectivity index (χ4v) is 1.60. The molecular formula is C13H11N5. The highest BCUT2D eigenvalue weighted by atomic mass is 15.0. The Morgan fingerprint density at radius 2 is 2.06 bits per heavy atom. The molecule has 0 bridgehead atoms. The maximum atomic E-state index is 8.92. The summed E-state index contributed by atoms with van der Waals surface area (Å²) in [5, 5.41) is 20.9. The minimum Gasteiger partial charge on any atom is -0.379 e. The third kappa shape index (κ3) is 2.47. The zero-order valence-corrected chi connectivity index (χ0v) is 9.86. The summed E-state index contributed by atoms with van der Waals surface area (Å²) in [7, 11) is 0. The molecule has 0 fully saturated rings. The van der Waals surface area contributed by atoms with Gasteiger partial charge in [-0.15, -0.1) is 0 Å². The van der Waals surface area contributed by atoms with Crippen LogP contribution in [0, 0.1) is 29.6 Å². The zero-order chi connectivity index (χ0) is 13.0. The van der Waals surface area contributed by atoms with Crippen molar-refractivity contribution in [3.63, 3.8) is 0 Å². The van der Waals surface area contributed by atoms with Crippen LogP contribution in [0.2, 0.25) is 0 Å². The van der Waals surface area contributed by atoms with Gasteiger partial charge in [0.2, 0.25) is 0 Å². The van der Waals surface area contributed by atoms with Crippen molar-refractivity contribution in [2.75, 3.05) is 5.32 Å². The Bertz CT molecular complexity index is 642. The van der Waals surface area contributed by atoms with E-state index in [-0.39, 0.29) is 0 Å². The van der Waals surface area contributed by atoms with Crippen LogP contribution in [-0.2, 0) is 6.54 Å². The summed E-state index contributed by atoms with van der Waals surface area (Å²) < 4.78 is 0. The van der Waals surface area contributed by atoms with Crippen LogP contribution in [-0.4, -0.2) is 9.97 Å². The van der Waals surface area contributed by atoms with Gasteiger partial charge in [0, 0.05) is 5.69 Å². The number of aryl methyl sites for hydroxylation is 1. The fraction of sp³-hybridized carbons (Fsp3) is 0.154. The summed E-state index contributed by atoms with van der Waals surface area (Å²) in [6, 6.07) is 9.08. The van der Waals surface area contributed by atoms with Crippen LogP contribution in [0.3, 0.4) is 0 Å². The van der Waals surface area contributed by atoms with Crippen molar-refractivity contribution in [3.8, 4) is 12.1 Å². The number of H-pyrrole nitrogens is 1. The van der Waals surface area contributed by atoms with E-state index in [2.05, 4.69) is 15.3 Å². The van der Waals surface area contributed by atoms with Gasteiger partial charge in [0.15, 0.2) is 0 Å². The maximum absolute atomic E-state index is 8.92. The first-order valence-electron chi connectivity index (χ1n) is 5.41. The first-order valence-corrected chi connectivity index (χ1v) is 5.41. The van der Waals surface area contributed by atoms with Gasteiger partial charge in [0.25, 0.3) is 0 Å². The first kappa shape index (κ1) is 11.7. The topological polar surface area (TPSA) is 88.3 Å². The van der Waals surface area contributed by atoms with E-state index in [1.807, 2.05) is 19.1 Å². The fourth-order valence-electron chi connectivity index (χ4n) is 1.60. The van der Waals surface area contributed by atoms with Crippen LogP contribution in [0.4, 0.5) is 5.69 Å². The Hall–Kier alpha value is -2.79. The Morgan fingerprint density at radius 3 is 2.67 bits per heavy atom. The molecule has 1 aromatic carbocycles. The van der Waals surface area contributed by atoms with Crippen molar-refractivity contribution >= 4 is 5.69 Å². The lowest BCUT2D eigenvalue weighted by atomic mass is 10.1. The molecule has 0 atom stereocenters. The molecular weight excluding hydrogens is 226 g/mol. The van der Waals surface area contributed by atoms with Crippen LogP contribution in [0.25, 0.3) is 0 Å². The van der Waals surface area contributed by atoms with E-state index < -0.39 is 0 Å². The average molecular weight is 237 g/mol. The molecule has 1 aromatic heterocycles. The van der Waals surface area contributed by atoms with E-state index >= 15 is 0 Å². The normalized spacial score (nSPS) is 9.50. The molecule has 2 rings (SSSR count). The number of aromatic amines is 1. The Kier molecular flexibility index (Phi) is 3.26. The standard InChI is InChI=1S/C13H11N5/c1-9-16-7-13(18-9)8-17-12-3-2-10(5-14)11(4-12)6-15/h2-4,7,17H,8H2,1H3,(H,16,18). The number of nitrogens with one attached hydrogen (secondary N) is 2. The van der Waals surface area contributed by atoms with Gasteiger partial charge in [-0.3, -0.25) is 0 Å². The SMILES string of the molecule is Cc1ncc(CNc2ccc(C#N)c(C#N)c2)[nH]1. The van der Waals surface area contributed by atoms with E-state index in [1.165, 1.54) is 0 Å². The van der Waals surface area contributed by atoms with Gasteiger partial charge >= 0.3 is 0 Å². The molecule has 0 aliphatic heterocycles. The molecule has 0 spiro atoms. The molecule has 0 saturated heterocycles. The third-order valence-electron chi connectivity index (χ3n) is 2.50. The van der Waals surface area contributed by atoms with Gasteiger partial charge in [0.05, 0.1) is 29.6 Å². The molecule has 0 aliphatic rings. The van der Waals surface area contributed by atoms with Crippen molar-refractivity contribution < 1.29 is 0 Å². The Morgan fingerprint density at radius 1 is 1.28 bits per heavy atom. The van der Waals surface area contributed by atoms with Crippen LogP contribution in [0.5, 0.6) is 0 Å². The third-order valence-corrected chi connectivity index (χ3v) is 2.50. The number of benzene rings is 1. The molecule has 2 N–H and O–H groups in total. The number of hydrogen-bond donors (Lipinski definition) is 2. The smallest absolute Gasteiger partial charge is 0.103 e. The minimum atomic E-state index is 0.378. The number of aromatic nitrogens is 2. The maximum Gasteiger partial charge on any atom is 0.103 e. The van der Waals surface area contributed by atoms with Crippen molar-refractivity contribution in [1.82, 2.24) is 9.97 Å². The molecule has 2 aromatic rings. The van der Waals surface area contributed by atoms with Gasteiger partial charge in [-0.1, -0.05) is 0 Å². The molecule has 0 aliphatic carbocycles. The molecule has 5 heteroatoms. The minimum absolute atomic E-state index is 0.378. The van der Waals surface area contributed by atoms with Crippen LogP contribution in [0.15, 0.2) is 24.4 Å². The predicted molar refractivity (Wildman–Crippen MR) is 66.5 cm³/mol. The van der Waals surface area contributed by atoms with Gasteiger partial charge in [0.1, 0.15) is 18.0 Å². The number of imidazole rings is 1. The molecule has 1 heterocycles. The van der Waals surface area contributed by atoms with E-state index in [9.17, 15) is 0 Å². The van der Waals surface area contributed by atoms with Crippen molar-refractivity contribution in [3.05, 3.63) is 47.0 Å². The van der Waals surface area contributed by atoms with Crippen LogP contribution < -0.4 is 5.32 Å². The van der Waals surface area contributed by atoms with Gasteiger partial charge in [-0.05, 0) is 25.1 Å². The summed E-state index contributed by atoms with van der Waals surface area (Å²) in [6.07, 6.45) is 1.76. The lowest BCUT2D eigenvalue weighted by Crippen LogP contribution is -2.00. The number of nitrogens with zero attached hydrogens (tertiary/aromatic N) is 3. The summed E-state index contributed by atoms with van der Waals surface area (Å²) in [5.74, 6) is 0.865. The van der Waals surface area contributed by atoms with Crippen LogP contribution >= 0.6 is 0 Å². The molecule has 0 saturated carbocycles. The van der Waals surface area contributed by atoms with Crippen LogP contribution in [0.1, 0.15) is 22.6 Å². The number of rotatable bonds is 3. The average Bonchev–Trinajstić information content (AvgIpc) is 2.81. The van der Waals surface area contributed by atoms with Gasteiger partial charge < -0.3 is 10.3 Å². The predicted octanol–water partition coefficient (Wildman–Crippen LogP) is 2.07. The quantitative estimate of drug-likeness (QED) is 0.855. The van der Waals surface area contributed by atoms with Crippen molar-refractivity contribution in [2.24, 2.45) is 0 Å². The number of nitriles is 2. The summed E-state index contributed by atoms with van der Waals surface area (Å²) >= 11 is 0. The summed E-state index contributed by atoms with van der Waals surface area (Å²) in [4.78, 5) is 7.21. The largest absolute Gasteiger partial charge is 0.379 e. The highest BCUT2D eigenvalue weighted by Crippen LogP contribution is 2.15. The van der Waals surface area contributed by atoms with E-state index in [0.29, 0.717) is 17.7 Å². The first-order chi connectivity index (χ1) is 8.72. The highest BCUT2D eigenvalue weighted by molar-refractivity contribution is 5.56. The van der Waals surface area contributed by atoms with Gasteiger partial charge in [-0.25, -0.2) is 4.98 Å². The molecule has 0 unspecified atom stereocenters. The Labute approximate surface area is 105 Å². The molecule has 0 radical (unpaired) electrons. The van der Waals surface area contributed by atoms with Crippen molar-refractivity contribution in [1.29, 1.82) is 10.5 Å². The lowest BCUT2D eigenvalue weighted by Gasteiger charge is -2.05. The second kappa shape index (κ2) is 5.03. The zero-order valence-electron chi connectivity index (χ0n) is 9.86. The molecule has 88 valence electrons. The summed E-state index contributed by atoms with van der Waals surface area (Å²) in [5.41, 5.74) is 2.54. The number of hydrogen-bond acceptors (Lipinski definition) is 4. The lowest BCUT2D eigenvalue weighted by molar-refractivity contribution is 1.05. The molecule has 0 amide bonds.